The van der Waals surface area contributed by atoms with Crippen LogP contribution in [-0.2, 0) is 10.0 Å². The van der Waals surface area contributed by atoms with Crippen molar-refractivity contribution in [1.82, 2.24) is 4.90 Å². The summed E-state index contributed by atoms with van der Waals surface area (Å²) >= 11 is 0. The van der Waals surface area contributed by atoms with E-state index in [1.54, 1.807) is 0 Å². The molecule has 0 spiro atoms. The van der Waals surface area contributed by atoms with Crippen LogP contribution < -0.4 is 5.14 Å². The quantitative estimate of drug-likeness (QED) is 0.630. The highest BCUT2D eigenvalue weighted by Gasteiger charge is 2.24. The van der Waals surface area contributed by atoms with Crippen molar-refractivity contribution in [3.05, 3.63) is 33.4 Å². The zero-order valence-corrected chi connectivity index (χ0v) is 11.4. The van der Waals surface area contributed by atoms with Crippen LogP contribution in [0.4, 0.5) is 5.69 Å². The maximum Gasteiger partial charge on any atom is 0.274 e. The Kier molecular flexibility index (Phi) is 3.91. The SMILES string of the molecule is Cc1c(C(=O)N(C)C)cc(S(N)(=O)=O)cc1[N+](=O)[O-]. The molecule has 0 radical (unpaired) electrons. The Morgan fingerprint density at radius 1 is 1.37 bits per heavy atom. The smallest absolute Gasteiger partial charge is 0.274 e. The number of hydrogen-bond donors (Lipinski definition) is 1. The number of carbonyl (C=O) groups excluding carboxylic acids is 1. The van der Waals surface area contributed by atoms with E-state index in [2.05, 4.69) is 0 Å². The second-order valence-electron chi connectivity index (χ2n) is 4.12. The van der Waals surface area contributed by atoms with Crippen molar-refractivity contribution in [3.63, 3.8) is 0 Å². The summed E-state index contributed by atoms with van der Waals surface area (Å²) < 4.78 is 22.6. The van der Waals surface area contributed by atoms with Crippen molar-refractivity contribution in [3.8, 4) is 0 Å². The van der Waals surface area contributed by atoms with E-state index in [9.17, 15) is 23.3 Å². The van der Waals surface area contributed by atoms with Crippen LogP contribution in [0.25, 0.3) is 0 Å². The molecule has 0 saturated carbocycles. The van der Waals surface area contributed by atoms with E-state index < -0.39 is 31.4 Å². The monoisotopic (exact) mass is 287 g/mol. The molecule has 0 aliphatic heterocycles. The molecule has 8 nitrogen and oxygen atoms in total. The fourth-order valence-electron chi connectivity index (χ4n) is 1.49. The number of nitro benzene ring substituents is 1. The Bertz CT molecular complexity index is 651. The Morgan fingerprint density at radius 3 is 2.26 bits per heavy atom. The Hall–Kier alpha value is -2.00. The fraction of sp³-hybridized carbons (Fsp3) is 0.300. The van der Waals surface area contributed by atoms with Gasteiger partial charge in [-0.25, -0.2) is 13.6 Å². The summed E-state index contributed by atoms with van der Waals surface area (Å²) in [4.78, 5) is 22.8. The summed E-state index contributed by atoms with van der Waals surface area (Å²) in [6.45, 7) is 1.38. The molecule has 0 unspecified atom stereocenters. The number of nitrogens with zero attached hydrogens (tertiary/aromatic N) is 2. The molecule has 9 heteroatoms. The summed E-state index contributed by atoms with van der Waals surface area (Å²) in [5, 5.41) is 15.8. The van der Waals surface area contributed by atoms with E-state index in [-0.39, 0.29) is 11.1 Å². The molecule has 0 fully saturated rings. The highest BCUT2D eigenvalue weighted by molar-refractivity contribution is 7.89. The third kappa shape index (κ3) is 3.06. The first-order valence-electron chi connectivity index (χ1n) is 5.09. The predicted octanol–water partition coefficient (Wildman–Crippen LogP) is 0.252. The van der Waals surface area contributed by atoms with Gasteiger partial charge in [-0.3, -0.25) is 14.9 Å². The average Bonchev–Trinajstić information content (AvgIpc) is 2.26. The Morgan fingerprint density at radius 2 is 1.89 bits per heavy atom. The number of carbonyl (C=O) groups is 1. The molecule has 1 rings (SSSR count). The van der Waals surface area contributed by atoms with Crippen molar-refractivity contribution < 1.29 is 18.1 Å². The predicted molar refractivity (Wildman–Crippen MR) is 67.2 cm³/mol. The first-order valence-corrected chi connectivity index (χ1v) is 6.64. The maximum atomic E-state index is 11.9. The Labute approximate surface area is 110 Å². The summed E-state index contributed by atoms with van der Waals surface area (Å²) in [5.41, 5.74) is -0.434. The van der Waals surface area contributed by atoms with Gasteiger partial charge in [-0.05, 0) is 13.0 Å². The minimum absolute atomic E-state index is 0.0665. The summed E-state index contributed by atoms with van der Waals surface area (Å²) in [5.74, 6) is -0.536. The van der Waals surface area contributed by atoms with Gasteiger partial charge in [0.1, 0.15) is 0 Å². The van der Waals surface area contributed by atoms with Crippen molar-refractivity contribution in [2.75, 3.05) is 14.1 Å². The van der Waals surface area contributed by atoms with Gasteiger partial charge >= 0.3 is 0 Å². The van der Waals surface area contributed by atoms with Gasteiger partial charge in [-0.1, -0.05) is 0 Å². The van der Waals surface area contributed by atoms with Crippen LogP contribution in [0, 0.1) is 17.0 Å². The van der Waals surface area contributed by atoms with Crippen LogP contribution >= 0.6 is 0 Å². The molecule has 1 amide bonds. The van der Waals surface area contributed by atoms with Gasteiger partial charge in [0.2, 0.25) is 10.0 Å². The Balaban J connectivity index is 3.68. The topological polar surface area (TPSA) is 124 Å². The van der Waals surface area contributed by atoms with Gasteiger partial charge < -0.3 is 4.90 Å². The molecular formula is C10H13N3O5S. The lowest BCUT2D eigenvalue weighted by Crippen LogP contribution is -2.24. The molecular weight excluding hydrogens is 274 g/mol. The van der Waals surface area contributed by atoms with E-state index in [1.807, 2.05) is 0 Å². The van der Waals surface area contributed by atoms with Crippen molar-refractivity contribution in [2.24, 2.45) is 5.14 Å². The van der Waals surface area contributed by atoms with Crippen LogP contribution in [0.1, 0.15) is 15.9 Å². The second kappa shape index (κ2) is 4.94. The van der Waals surface area contributed by atoms with Crippen LogP contribution in [-0.4, -0.2) is 38.2 Å². The molecule has 0 atom stereocenters. The number of nitro groups is 1. The number of benzene rings is 1. The summed E-state index contributed by atoms with van der Waals surface area (Å²) in [6, 6.07) is 1.89. The minimum atomic E-state index is -4.13. The molecule has 19 heavy (non-hydrogen) atoms. The normalized spacial score (nSPS) is 11.2. The first kappa shape index (κ1) is 15.1. The van der Waals surface area contributed by atoms with Crippen molar-refractivity contribution in [2.45, 2.75) is 11.8 Å². The maximum absolute atomic E-state index is 11.9. The molecule has 0 aromatic heterocycles. The van der Waals surface area contributed by atoms with Gasteiger partial charge in [-0.2, -0.15) is 0 Å². The van der Waals surface area contributed by atoms with Gasteiger partial charge in [0.05, 0.1) is 15.4 Å². The molecule has 104 valence electrons. The highest BCUT2D eigenvalue weighted by Crippen LogP contribution is 2.26. The number of primary sulfonamides is 1. The highest BCUT2D eigenvalue weighted by atomic mass is 32.2. The van der Waals surface area contributed by atoms with E-state index in [0.717, 1.165) is 12.1 Å². The standard InChI is InChI=1S/C10H13N3O5S/c1-6-8(10(14)12(2)3)4-7(19(11,17)18)5-9(6)13(15)16/h4-5H,1-3H3,(H2,11,17,18). The van der Waals surface area contributed by atoms with E-state index in [0.29, 0.717) is 0 Å². The van der Waals surface area contributed by atoms with Crippen LogP contribution in [0.3, 0.4) is 0 Å². The largest absolute Gasteiger partial charge is 0.345 e. The first-order chi connectivity index (χ1) is 8.55. The van der Waals surface area contributed by atoms with Crippen LogP contribution in [0.5, 0.6) is 0 Å². The third-order valence-corrected chi connectivity index (χ3v) is 3.41. The average molecular weight is 287 g/mol. The van der Waals surface area contributed by atoms with Crippen LogP contribution in [0.2, 0.25) is 0 Å². The molecule has 0 aliphatic rings. The minimum Gasteiger partial charge on any atom is -0.345 e. The third-order valence-electron chi connectivity index (χ3n) is 2.52. The molecule has 0 saturated heterocycles. The number of rotatable bonds is 3. The van der Waals surface area contributed by atoms with Gasteiger partial charge in [0.15, 0.2) is 0 Å². The zero-order chi connectivity index (χ0) is 15.0. The second-order valence-corrected chi connectivity index (χ2v) is 5.68. The number of hydrogen-bond acceptors (Lipinski definition) is 5. The van der Waals surface area contributed by atoms with Crippen LogP contribution in [0.15, 0.2) is 17.0 Å². The van der Waals surface area contributed by atoms with Crippen molar-refractivity contribution in [1.29, 1.82) is 0 Å². The number of sulfonamides is 1. The van der Waals surface area contributed by atoms with Gasteiger partial charge in [-0.15, -0.1) is 0 Å². The van der Waals surface area contributed by atoms with E-state index in [4.69, 9.17) is 5.14 Å². The van der Waals surface area contributed by atoms with Crippen molar-refractivity contribution >= 4 is 21.6 Å². The molecule has 0 bridgehead atoms. The summed E-state index contributed by atoms with van der Waals surface area (Å²) in [7, 11) is -1.22. The molecule has 2 N–H and O–H groups in total. The molecule has 0 aliphatic carbocycles. The van der Waals surface area contributed by atoms with Gasteiger partial charge in [0.25, 0.3) is 11.6 Å². The summed E-state index contributed by atoms with van der Waals surface area (Å²) in [6.07, 6.45) is 0. The van der Waals surface area contributed by atoms with E-state index in [1.165, 1.54) is 25.9 Å². The molecule has 0 heterocycles. The lowest BCUT2D eigenvalue weighted by atomic mass is 10.1. The molecule has 1 aromatic rings. The lowest BCUT2D eigenvalue weighted by molar-refractivity contribution is -0.385. The lowest BCUT2D eigenvalue weighted by Gasteiger charge is -2.13. The number of amides is 1. The van der Waals surface area contributed by atoms with E-state index >= 15 is 0 Å². The molecule has 1 aromatic carbocycles. The fourth-order valence-corrected chi connectivity index (χ4v) is 2.05. The zero-order valence-electron chi connectivity index (χ0n) is 10.6. The van der Waals surface area contributed by atoms with Gasteiger partial charge in [0, 0.05) is 25.7 Å². The number of nitrogens with two attached hydrogens (primary N) is 1.